The molecule has 19 heavy (non-hydrogen) atoms. The van der Waals surface area contributed by atoms with Gasteiger partial charge < -0.3 is 10.2 Å². The molecule has 1 aliphatic heterocycles. The summed E-state index contributed by atoms with van der Waals surface area (Å²) in [6.45, 7) is 9.09. The average molecular weight is 268 g/mol. The van der Waals surface area contributed by atoms with E-state index < -0.39 is 0 Å². The predicted molar refractivity (Wildman–Crippen MR) is 76.7 cm³/mol. The van der Waals surface area contributed by atoms with Gasteiger partial charge in [-0.2, -0.15) is 0 Å². The van der Waals surface area contributed by atoms with Gasteiger partial charge in [0.25, 0.3) is 0 Å². The summed E-state index contributed by atoms with van der Waals surface area (Å²) in [6.07, 6.45) is 5.80. The van der Waals surface area contributed by atoms with Crippen molar-refractivity contribution in [2.24, 2.45) is 5.41 Å². The minimum atomic E-state index is -0.333. The zero-order valence-electron chi connectivity index (χ0n) is 12.8. The van der Waals surface area contributed by atoms with Gasteiger partial charge in [-0.1, -0.05) is 53.4 Å². The van der Waals surface area contributed by atoms with Crippen LogP contribution in [0.25, 0.3) is 0 Å². The van der Waals surface area contributed by atoms with Crippen LogP contribution >= 0.6 is 0 Å². The Morgan fingerprint density at radius 2 is 1.79 bits per heavy atom. The van der Waals surface area contributed by atoms with Crippen molar-refractivity contribution in [1.29, 1.82) is 0 Å². The van der Waals surface area contributed by atoms with Crippen LogP contribution < -0.4 is 5.32 Å². The first-order valence-corrected chi connectivity index (χ1v) is 7.45. The normalized spacial score (nSPS) is 20.6. The topological polar surface area (TPSA) is 49.4 Å². The second-order valence-electron chi connectivity index (χ2n) is 6.49. The summed E-state index contributed by atoms with van der Waals surface area (Å²) < 4.78 is 0. The van der Waals surface area contributed by atoms with Crippen LogP contribution in [0.4, 0.5) is 0 Å². The van der Waals surface area contributed by atoms with Gasteiger partial charge in [0.05, 0.1) is 6.54 Å². The minimum Gasteiger partial charge on any atom is -0.345 e. The Labute approximate surface area is 116 Å². The van der Waals surface area contributed by atoms with Crippen molar-refractivity contribution in [3.63, 3.8) is 0 Å². The first-order valence-electron chi connectivity index (χ1n) is 7.45. The summed E-state index contributed by atoms with van der Waals surface area (Å²) in [6, 6.07) is -0.333. The van der Waals surface area contributed by atoms with E-state index in [1.54, 1.807) is 4.90 Å². The van der Waals surface area contributed by atoms with Gasteiger partial charge in [-0.3, -0.25) is 9.59 Å². The highest BCUT2D eigenvalue weighted by Crippen LogP contribution is 2.27. The van der Waals surface area contributed by atoms with Crippen molar-refractivity contribution < 1.29 is 9.59 Å². The molecule has 4 nitrogen and oxygen atoms in total. The zero-order chi connectivity index (χ0) is 14.5. The van der Waals surface area contributed by atoms with Crippen LogP contribution in [0.3, 0.4) is 0 Å². The quantitative estimate of drug-likeness (QED) is 0.752. The summed E-state index contributed by atoms with van der Waals surface area (Å²) >= 11 is 0. The van der Waals surface area contributed by atoms with Gasteiger partial charge in [0.15, 0.2) is 0 Å². The molecule has 4 heteroatoms. The van der Waals surface area contributed by atoms with Gasteiger partial charge in [0, 0.05) is 6.54 Å². The number of hydrogen-bond donors (Lipinski definition) is 1. The molecule has 0 bridgehead atoms. The van der Waals surface area contributed by atoms with Gasteiger partial charge >= 0.3 is 0 Å². The number of carbonyl (C=O) groups is 2. The fraction of sp³-hybridized carbons (Fsp3) is 0.867. The number of carbonyl (C=O) groups excluding carboxylic acids is 2. The van der Waals surface area contributed by atoms with Crippen molar-refractivity contribution in [3.8, 4) is 0 Å². The molecule has 2 amide bonds. The third-order valence-electron chi connectivity index (χ3n) is 3.62. The molecule has 0 aliphatic carbocycles. The Morgan fingerprint density at radius 1 is 1.16 bits per heavy atom. The third kappa shape index (κ3) is 4.51. The van der Waals surface area contributed by atoms with Crippen LogP contribution in [-0.4, -0.2) is 35.8 Å². The molecule has 1 unspecified atom stereocenters. The molecule has 110 valence electrons. The molecule has 1 rings (SSSR count). The van der Waals surface area contributed by atoms with Gasteiger partial charge in [-0.25, -0.2) is 0 Å². The van der Waals surface area contributed by atoms with E-state index in [0.29, 0.717) is 6.54 Å². The van der Waals surface area contributed by atoms with E-state index >= 15 is 0 Å². The highest BCUT2D eigenvalue weighted by molar-refractivity contribution is 5.95. The van der Waals surface area contributed by atoms with E-state index in [-0.39, 0.29) is 29.8 Å². The molecule has 1 heterocycles. The summed E-state index contributed by atoms with van der Waals surface area (Å²) in [4.78, 5) is 25.8. The summed E-state index contributed by atoms with van der Waals surface area (Å²) in [5.74, 6) is 0.0377. The van der Waals surface area contributed by atoms with Crippen molar-refractivity contribution in [2.75, 3.05) is 13.1 Å². The predicted octanol–water partition coefficient (Wildman–Crippen LogP) is 2.33. The molecule has 0 aromatic rings. The van der Waals surface area contributed by atoms with E-state index in [4.69, 9.17) is 0 Å². The van der Waals surface area contributed by atoms with Gasteiger partial charge in [-0.15, -0.1) is 0 Å². The van der Waals surface area contributed by atoms with Crippen molar-refractivity contribution >= 4 is 11.8 Å². The van der Waals surface area contributed by atoms with Crippen LogP contribution in [0.1, 0.15) is 59.8 Å². The van der Waals surface area contributed by atoms with Crippen LogP contribution in [0.15, 0.2) is 0 Å². The van der Waals surface area contributed by atoms with Crippen LogP contribution in [0.5, 0.6) is 0 Å². The van der Waals surface area contributed by atoms with Crippen LogP contribution in [0, 0.1) is 5.41 Å². The summed E-state index contributed by atoms with van der Waals surface area (Å²) in [5.41, 5.74) is -0.219. The Kier molecular flexibility index (Phi) is 5.83. The smallest absolute Gasteiger partial charge is 0.243 e. The largest absolute Gasteiger partial charge is 0.345 e. The third-order valence-corrected chi connectivity index (χ3v) is 3.62. The number of nitrogens with one attached hydrogen (secondary N) is 1. The van der Waals surface area contributed by atoms with E-state index in [2.05, 4.69) is 12.2 Å². The van der Waals surface area contributed by atoms with Gasteiger partial charge in [-0.05, 0) is 11.8 Å². The first-order chi connectivity index (χ1) is 8.88. The maximum absolute atomic E-state index is 12.0. The molecule has 0 radical (unpaired) electrons. The summed E-state index contributed by atoms with van der Waals surface area (Å²) in [7, 11) is 0. The Balaban J connectivity index is 2.59. The number of rotatable bonds is 6. The average Bonchev–Trinajstić information content (AvgIpc) is 2.31. The monoisotopic (exact) mass is 268 g/mol. The lowest BCUT2D eigenvalue weighted by Crippen LogP contribution is -2.62. The molecule has 1 atom stereocenters. The fourth-order valence-corrected chi connectivity index (χ4v) is 2.65. The number of amides is 2. The second kappa shape index (κ2) is 6.92. The highest BCUT2D eigenvalue weighted by Gasteiger charge is 2.41. The molecule has 1 saturated heterocycles. The maximum atomic E-state index is 12.0. The second-order valence-corrected chi connectivity index (χ2v) is 6.49. The van der Waals surface area contributed by atoms with Crippen LogP contribution in [0.2, 0.25) is 0 Å². The zero-order valence-corrected chi connectivity index (χ0v) is 12.8. The lowest BCUT2D eigenvalue weighted by atomic mass is 9.83. The first kappa shape index (κ1) is 16.0. The molecular weight excluding hydrogens is 240 g/mol. The molecule has 0 saturated carbocycles. The molecule has 0 spiro atoms. The number of hydrogen-bond acceptors (Lipinski definition) is 2. The SMILES string of the molecule is CCCCCCCN1C(=O)CNC(=O)C1C(C)(C)C. The van der Waals surface area contributed by atoms with E-state index in [0.717, 1.165) is 12.8 Å². The Bertz CT molecular complexity index is 321. The van der Waals surface area contributed by atoms with Crippen molar-refractivity contribution in [2.45, 2.75) is 65.8 Å². The summed E-state index contributed by atoms with van der Waals surface area (Å²) in [5, 5.41) is 2.70. The Morgan fingerprint density at radius 3 is 2.37 bits per heavy atom. The lowest BCUT2D eigenvalue weighted by molar-refractivity contribution is -0.150. The highest BCUT2D eigenvalue weighted by atomic mass is 16.2. The van der Waals surface area contributed by atoms with E-state index in [9.17, 15) is 9.59 Å². The molecule has 1 N–H and O–H groups in total. The molecular formula is C15H28N2O2. The maximum Gasteiger partial charge on any atom is 0.243 e. The van der Waals surface area contributed by atoms with Crippen molar-refractivity contribution in [3.05, 3.63) is 0 Å². The fourth-order valence-electron chi connectivity index (χ4n) is 2.65. The number of nitrogens with zero attached hydrogens (tertiary/aromatic N) is 1. The van der Waals surface area contributed by atoms with Crippen LogP contribution in [-0.2, 0) is 9.59 Å². The molecule has 1 fully saturated rings. The lowest BCUT2D eigenvalue weighted by Gasteiger charge is -2.42. The van der Waals surface area contributed by atoms with E-state index in [1.807, 2.05) is 20.8 Å². The number of piperazine rings is 1. The Hall–Kier alpha value is -1.06. The molecule has 0 aromatic heterocycles. The molecule has 1 aliphatic rings. The van der Waals surface area contributed by atoms with Gasteiger partial charge in [0.2, 0.25) is 11.8 Å². The van der Waals surface area contributed by atoms with Crippen molar-refractivity contribution in [1.82, 2.24) is 10.2 Å². The van der Waals surface area contributed by atoms with Gasteiger partial charge in [0.1, 0.15) is 6.04 Å². The minimum absolute atomic E-state index is 0.0133. The number of unbranched alkanes of at least 4 members (excludes halogenated alkanes) is 4. The standard InChI is InChI=1S/C15H28N2O2/c1-5-6-7-8-9-10-17-12(18)11-16-14(19)13(17)15(2,3)4/h13H,5-11H2,1-4H3,(H,16,19). The van der Waals surface area contributed by atoms with E-state index in [1.165, 1.54) is 19.3 Å². The molecule has 0 aromatic carbocycles.